The molecular weight excluding hydrogens is 416 g/mol. The second-order valence-corrected chi connectivity index (χ2v) is 7.54. The van der Waals surface area contributed by atoms with Gasteiger partial charge in [-0.2, -0.15) is 5.10 Å². The zero-order chi connectivity index (χ0) is 22.6. The van der Waals surface area contributed by atoms with Crippen molar-refractivity contribution in [3.05, 3.63) is 102 Å². The van der Waals surface area contributed by atoms with E-state index < -0.39 is 6.10 Å². The van der Waals surface area contributed by atoms with Crippen molar-refractivity contribution in [2.75, 3.05) is 16.8 Å². The van der Waals surface area contributed by atoms with Crippen molar-refractivity contribution in [2.45, 2.75) is 12.6 Å². The predicted molar refractivity (Wildman–Crippen MR) is 125 cm³/mol. The van der Waals surface area contributed by atoms with Crippen molar-refractivity contribution in [1.29, 1.82) is 0 Å². The zero-order valence-corrected chi connectivity index (χ0v) is 17.6. The fraction of sp³-hybridized carbons (Fsp3) is 0.120. The van der Waals surface area contributed by atoms with Gasteiger partial charge in [-0.1, -0.05) is 36.4 Å². The molecule has 33 heavy (non-hydrogen) atoms. The fourth-order valence-electron chi connectivity index (χ4n) is 3.77. The largest absolute Gasteiger partial charge is 0.477 e. The van der Waals surface area contributed by atoms with Gasteiger partial charge in [0, 0.05) is 25.1 Å². The average molecular weight is 436 g/mol. The first kappa shape index (κ1) is 20.3. The Morgan fingerprint density at radius 3 is 2.73 bits per heavy atom. The fourth-order valence-corrected chi connectivity index (χ4v) is 3.77. The van der Waals surface area contributed by atoms with E-state index in [0.717, 1.165) is 16.9 Å². The molecule has 1 amide bonds. The van der Waals surface area contributed by atoms with Crippen LogP contribution in [0.5, 0.6) is 5.75 Å². The van der Waals surface area contributed by atoms with Crippen LogP contribution in [0.15, 0.2) is 85.3 Å². The van der Waals surface area contributed by atoms with E-state index in [1.54, 1.807) is 24.5 Å². The van der Waals surface area contributed by atoms with Gasteiger partial charge in [0.2, 0.25) is 5.69 Å². The third kappa shape index (κ3) is 4.25. The molecule has 1 unspecified atom stereocenters. The Hall–Kier alpha value is -4.64. The van der Waals surface area contributed by atoms with Gasteiger partial charge in [0.25, 0.3) is 5.91 Å². The molecule has 1 aliphatic rings. The Labute approximate surface area is 190 Å². The lowest BCUT2D eigenvalue weighted by Crippen LogP contribution is -2.46. The van der Waals surface area contributed by atoms with Crippen LogP contribution in [0.4, 0.5) is 17.2 Å². The molecule has 0 saturated heterocycles. The summed E-state index contributed by atoms with van der Waals surface area (Å²) in [5.74, 6) is 0.538. The van der Waals surface area contributed by atoms with Gasteiger partial charge < -0.3 is 15.0 Å². The van der Waals surface area contributed by atoms with E-state index in [0.29, 0.717) is 18.8 Å². The summed E-state index contributed by atoms with van der Waals surface area (Å²) in [5.41, 5.74) is 3.30. The van der Waals surface area contributed by atoms with Crippen LogP contribution < -0.4 is 15.0 Å². The Morgan fingerprint density at radius 1 is 1.09 bits per heavy atom. The molecule has 0 radical (unpaired) electrons. The number of ether oxygens (including phenoxy) is 1. The van der Waals surface area contributed by atoms with Crippen LogP contribution in [0.3, 0.4) is 0 Å². The number of fused-ring (bicyclic) bond motifs is 1. The maximum atomic E-state index is 13.0. The average Bonchev–Trinajstić information content (AvgIpc) is 3.40. The van der Waals surface area contributed by atoms with Crippen LogP contribution in [0.2, 0.25) is 0 Å². The Morgan fingerprint density at radius 2 is 1.94 bits per heavy atom. The minimum absolute atomic E-state index is 0.237. The molecule has 8 heteroatoms. The first-order valence-electron chi connectivity index (χ1n) is 10.4. The topological polar surface area (TPSA) is 76.6 Å². The van der Waals surface area contributed by atoms with Crippen molar-refractivity contribution in [3.63, 3.8) is 0 Å². The smallest absolute Gasteiger partial charge is 0.267 e. The van der Waals surface area contributed by atoms with Gasteiger partial charge in [-0.15, -0.1) is 0 Å². The molecule has 0 aliphatic carbocycles. The molecule has 1 aliphatic heterocycles. The van der Waals surface area contributed by atoms with Crippen LogP contribution in [0.1, 0.15) is 5.56 Å². The molecule has 0 saturated carbocycles. The van der Waals surface area contributed by atoms with Gasteiger partial charge in [-0.05, 0) is 35.9 Å². The Bertz CT molecular complexity index is 1310. The molecule has 0 bridgehead atoms. The van der Waals surface area contributed by atoms with Gasteiger partial charge >= 0.3 is 0 Å². The summed E-state index contributed by atoms with van der Waals surface area (Å²) in [7, 11) is 0. The van der Waals surface area contributed by atoms with Crippen LogP contribution in [-0.2, 0) is 11.3 Å². The highest BCUT2D eigenvalue weighted by Crippen LogP contribution is 2.34. The highest BCUT2D eigenvalue weighted by molar-refractivity contribution is 5.97. The second-order valence-electron chi connectivity index (χ2n) is 7.54. The molecule has 2 aromatic carbocycles. The number of carbonyl (C=O) groups is 1. The number of pyridine rings is 1. The number of hydrogen-bond donors (Lipinski definition) is 1. The number of rotatable bonds is 5. The lowest BCUT2D eigenvalue weighted by molar-refractivity contribution is -0.122. The first-order valence-corrected chi connectivity index (χ1v) is 10.4. The van der Waals surface area contributed by atoms with Gasteiger partial charge in [-0.3, -0.25) is 9.78 Å². The molecule has 5 rings (SSSR count). The van der Waals surface area contributed by atoms with Crippen molar-refractivity contribution in [3.8, 4) is 11.4 Å². The summed E-state index contributed by atoms with van der Waals surface area (Å²) in [4.78, 5) is 22.7. The second kappa shape index (κ2) is 8.85. The Kier molecular flexibility index (Phi) is 5.43. The summed E-state index contributed by atoms with van der Waals surface area (Å²) in [6.45, 7) is 8.25. The van der Waals surface area contributed by atoms with Gasteiger partial charge in [-0.25, -0.2) is 9.53 Å². The molecule has 1 N–H and O–H groups in total. The van der Waals surface area contributed by atoms with Gasteiger partial charge in [0.15, 0.2) is 6.10 Å². The summed E-state index contributed by atoms with van der Waals surface area (Å²) in [5, 5.41) is 7.00. The van der Waals surface area contributed by atoms with Crippen LogP contribution in [0, 0.1) is 6.57 Å². The number of benzene rings is 2. The maximum Gasteiger partial charge on any atom is 0.267 e. The van der Waals surface area contributed by atoms with E-state index in [1.807, 2.05) is 53.3 Å². The Balaban J connectivity index is 1.36. The zero-order valence-electron chi connectivity index (χ0n) is 17.6. The van der Waals surface area contributed by atoms with E-state index in [9.17, 15) is 4.79 Å². The summed E-state index contributed by atoms with van der Waals surface area (Å²) >= 11 is 0. The van der Waals surface area contributed by atoms with Crippen molar-refractivity contribution < 1.29 is 9.53 Å². The SMILES string of the molecule is [C-]#[N+]c1cccnc1NC(=O)C1CN(Cc2ccc(-n3cccn3)cc2)c2ccccc2O1. The lowest BCUT2D eigenvalue weighted by Gasteiger charge is -2.35. The number of hydrogen-bond acceptors (Lipinski definition) is 5. The minimum atomic E-state index is -0.746. The van der Waals surface area contributed by atoms with Crippen molar-refractivity contribution in [1.82, 2.24) is 14.8 Å². The van der Waals surface area contributed by atoms with Gasteiger partial charge in [0.1, 0.15) is 11.6 Å². The van der Waals surface area contributed by atoms with Crippen LogP contribution in [-0.4, -0.2) is 33.3 Å². The monoisotopic (exact) mass is 436 g/mol. The van der Waals surface area contributed by atoms with Crippen LogP contribution in [0.25, 0.3) is 10.5 Å². The summed E-state index contributed by atoms with van der Waals surface area (Å²) in [6, 6.07) is 21.0. The van der Waals surface area contributed by atoms with E-state index >= 15 is 0 Å². The summed E-state index contributed by atoms with van der Waals surface area (Å²) < 4.78 is 7.81. The highest BCUT2D eigenvalue weighted by atomic mass is 16.5. The van der Waals surface area contributed by atoms with Gasteiger partial charge in [0.05, 0.1) is 24.5 Å². The van der Waals surface area contributed by atoms with Crippen LogP contribution >= 0.6 is 0 Å². The first-order chi connectivity index (χ1) is 16.2. The number of anilines is 2. The minimum Gasteiger partial charge on any atom is -0.477 e. The number of amides is 1. The molecule has 162 valence electrons. The quantitative estimate of drug-likeness (QED) is 0.474. The van der Waals surface area contributed by atoms with E-state index in [-0.39, 0.29) is 17.4 Å². The molecule has 0 spiro atoms. The molecule has 1 atom stereocenters. The van der Waals surface area contributed by atoms with E-state index in [1.165, 1.54) is 0 Å². The number of aromatic nitrogens is 3. The molecule has 8 nitrogen and oxygen atoms in total. The molecule has 2 aromatic heterocycles. The van der Waals surface area contributed by atoms with E-state index in [2.05, 4.69) is 37.3 Å². The standard InChI is InChI=1S/C25H20N6O2/c1-26-20-6-4-13-27-24(20)29-25(32)23-17-30(21-7-2-3-8-22(21)33-23)16-18-9-11-19(12-10-18)31-15-5-14-28-31/h2-15,23H,16-17H2,(H,27,29,32). The predicted octanol–water partition coefficient (Wildman–Crippen LogP) is 4.22. The highest BCUT2D eigenvalue weighted by Gasteiger charge is 2.31. The van der Waals surface area contributed by atoms with Crippen molar-refractivity contribution >= 4 is 23.1 Å². The molecule has 4 aromatic rings. The lowest BCUT2D eigenvalue weighted by atomic mass is 10.1. The number of carbonyl (C=O) groups excluding carboxylic acids is 1. The molecule has 0 fully saturated rings. The summed E-state index contributed by atoms with van der Waals surface area (Å²) in [6.07, 6.45) is 4.44. The third-order valence-electron chi connectivity index (χ3n) is 5.38. The number of nitrogens with one attached hydrogen (secondary N) is 1. The number of para-hydroxylation sites is 2. The molecular formula is C25H20N6O2. The van der Waals surface area contributed by atoms with E-state index in [4.69, 9.17) is 11.3 Å². The maximum absolute atomic E-state index is 13.0. The third-order valence-corrected chi connectivity index (χ3v) is 5.38. The normalized spacial score (nSPS) is 14.6. The number of nitrogens with zero attached hydrogens (tertiary/aromatic N) is 5. The molecule has 3 heterocycles. The van der Waals surface area contributed by atoms with Crippen molar-refractivity contribution in [2.24, 2.45) is 0 Å².